The van der Waals surface area contributed by atoms with Gasteiger partial charge in [-0.15, -0.1) is 0 Å². The Bertz CT molecular complexity index is 575. The highest BCUT2D eigenvalue weighted by atomic mass is 16.3. The van der Waals surface area contributed by atoms with Crippen LogP contribution in [0.4, 0.5) is 0 Å². The topological polar surface area (TPSA) is 40.8 Å². The molecule has 2 rings (SSSR count). The number of hydrogen-bond donors (Lipinski definition) is 1. The third kappa shape index (κ3) is 4.38. The van der Waals surface area contributed by atoms with Crippen molar-refractivity contribution in [2.24, 2.45) is 4.99 Å². The average Bonchev–Trinajstić information content (AvgIpc) is 2.99. The first-order valence-corrected chi connectivity index (χ1v) is 7.27. The maximum Gasteiger partial charge on any atom is 0.194 e. The highest BCUT2D eigenvalue weighted by Crippen LogP contribution is 2.10. The molecule has 4 heteroatoms. The Kier molecular flexibility index (Phi) is 5.43. The Hall–Kier alpha value is -2.23. The monoisotopic (exact) mass is 285 g/mol. The van der Waals surface area contributed by atoms with Gasteiger partial charge in [-0.05, 0) is 37.1 Å². The molecule has 0 aliphatic carbocycles. The van der Waals surface area contributed by atoms with Crippen molar-refractivity contribution in [2.75, 3.05) is 13.6 Å². The molecule has 0 bridgehead atoms. The van der Waals surface area contributed by atoms with Gasteiger partial charge in [-0.3, -0.25) is 0 Å². The lowest BCUT2D eigenvalue weighted by Crippen LogP contribution is -2.38. The van der Waals surface area contributed by atoms with E-state index in [1.807, 2.05) is 12.1 Å². The summed E-state index contributed by atoms with van der Waals surface area (Å²) in [4.78, 5) is 6.75. The summed E-state index contributed by atoms with van der Waals surface area (Å²) >= 11 is 0. The average molecular weight is 285 g/mol. The highest BCUT2D eigenvalue weighted by molar-refractivity contribution is 5.79. The molecule has 1 heterocycles. The van der Waals surface area contributed by atoms with Crippen LogP contribution in [-0.4, -0.2) is 24.5 Å². The number of furan rings is 1. The van der Waals surface area contributed by atoms with E-state index in [0.29, 0.717) is 6.54 Å². The lowest BCUT2D eigenvalue weighted by molar-refractivity contribution is 0.469. The summed E-state index contributed by atoms with van der Waals surface area (Å²) in [6.07, 6.45) is 1.68. The maximum atomic E-state index is 5.33. The second-order valence-electron chi connectivity index (χ2n) is 5.03. The van der Waals surface area contributed by atoms with E-state index in [1.165, 1.54) is 11.1 Å². The summed E-state index contributed by atoms with van der Waals surface area (Å²) in [5.41, 5.74) is 2.61. The van der Waals surface area contributed by atoms with Gasteiger partial charge in [0, 0.05) is 20.1 Å². The Morgan fingerprint density at radius 2 is 2.05 bits per heavy atom. The molecule has 0 amide bonds. The zero-order chi connectivity index (χ0) is 15.1. The zero-order valence-corrected chi connectivity index (χ0v) is 13.0. The Morgan fingerprint density at radius 1 is 1.24 bits per heavy atom. The first-order valence-electron chi connectivity index (χ1n) is 7.27. The highest BCUT2D eigenvalue weighted by Gasteiger charge is 2.08. The minimum absolute atomic E-state index is 0.549. The summed E-state index contributed by atoms with van der Waals surface area (Å²) in [6, 6.07) is 12.2. The number of nitrogens with zero attached hydrogens (tertiary/aromatic N) is 2. The SMILES string of the molecule is CCNC(=NCc1ccco1)N(C)Cc1ccccc1C. The van der Waals surface area contributed by atoms with E-state index in [9.17, 15) is 0 Å². The summed E-state index contributed by atoms with van der Waals surface area (Å²) in [7, 11) is 2.05. The molecule has 4 nitrogen and oxygen atoms in total. The molecule has 0 fully saturated rings. The van der Waals surface area contributed by atoms with Crippen molar-refractivity contribution in [2.45, 2.75) is 26.9 Å². The van der Waals surface area contributed by atoms with Gasteiger partial charge >= 0.3 is 0 Å². The van der Waals surface area contributed by atoms with Gasteiger partial charge in [-0.1, -0.05) is 24.3 Å². The molecule has 112 valence electrons. The van der Waals surface area contributed by atoms with Crippen LogP contribution < -0.4 is 5.32 Å². The van der Waals surface area contributed by atoms with E-state index in [2.05, 4.69) is 60.4 Å². The van der Waals surface area contributed by atoms with Crippen LogP contribution in [0.25, 0.3) is 0 Å². The molecule has 0 spiro atoms. The van der Waals surface area contributed by atoms with Crippen molar-refractivity contribution < 1.29 is 4.42 Å². The van der Waals surface area contributed by atoms with Crippen LogP contribution in [0.3, 0.4) is 0 Å². The molecule has 1 aromatic carbocycles. The Balaban J connectivity index is 2.06. The fraction of sp³-hybridized carbons (Fsp3) is 0.353. The number of rotatable bonds is 5. The van der Waals surface area contributed by atoms with E-state index in [4.69, 9.17) is 4.42 Å². The second-order valence-corrected chi connectivity index (χ2v) is 5.03. The minimum Gasteiger partial charge on any atom is -0.467 e. The predicted molar refractivity (Wildman–Crippen MR) is 86.2 cm³/mol. The van der Waals surface area contributed by atoms with E-state index in [1.54, 1.807) is 6.26 Å². The fourth-order valence-corrected chi connectivity index (χ4v) is 2.14. The fourth-order valence-electron chi connectivity index (χ4n) is 2.14. The molecule has 0 unspecified atom stereocenters. The molecule has 0 aliphatic rings. The Morgan fingerprint density at radius 3 is 2.71 bits per heavy atom. The van der Waals surface area contributed by atoms with Crippen molar-refractivity contribution >= 4 is 5.96 Å². The standard InChI is InChI=1S/C17H23N3O/c1-4-18-17(19-12-16-10-7-11-21-16)20(3)13-15-9-6-5-8-14(15)2/h5-11H,4,12-13H2,1-3H3,(H,18,19). The lowest BCUT2D eigenvalue weighted by Gasteiger charge is -2.22. The molecule has 1 N–H and O–H groups in total. The number of aryl methyl sites for hydroxylation is 1. The first-order chi connectivity index (χ1) is 10.2. The summed E-state index contributed by atoms with van der Waals surface area (Å²) in [6.45, 7) is 6.43. The van der Waals surface area contributed by atoms with E-state index in [0.717, 1.165) is 24.8 Å². The molecule has 2 aromatic rings. The van der Waals surface area contributed by atoms with Gasteiger partial charge in [0.2, 0.25) is 0 Å². The van der Waals surface area contributed by atoms with E-state index in [-0.39, 0.29) is 0 Å². The van der Waals surface area contributed by atoms with Gasteiger partial charge in [-0.2, -0.15) is 0 Å². The normalized spacial score (nSPS) is 11.5. The van der Waals surface area contributed by atoms with Crippen molar-refractivity contribution in [3.8, 4) is 0 Å². The van der Waals surface area contributed by atoms with Gasteiger partial charge in [0.25, 0.3) is 0 Å². The molecule has 0 saturated heterocycles. The number of aliphatic imine (C=N–C) groups is 1. The van der Waals surface area contributed by atoms with Crippen LogP contribution in [0.15, 0.2) is 52.1 Å². The third-order valence-corrected chi connectivity index (χ3v) is 3.33. The lowest BCUT2D eigenvalue weighted by atomic mass is 10.1. The zero-order valence-electron chi connectivity index (χ0n) is 13.0. The van der Waals surface area contributed by atoms with Gasteiger partial charge in [0.15, 0.2) is 5.96 Å². The van der Waals surface area contributed by atoms with Gasteiger partial charge in [0.05, 0.1) is 6.26 Å². The van der Waals surface area contributed by atoms with Gasteiger partial charge in [0.1, 0.15) is 12.3 Å². The number of benzene rings is 1. The predicted octanol–water partition coefficient (Wildman–Crippen LogP) is 3.19. The molecular weight excluding hydrogens is 262 g/mol. The van der Waals surface area contributed by atoms with Crippen LogP contribution in [0.1, 0.15) is 23.8 Å². The largest absolute Gasteiger partial charge is 0.467 e. The van der Waals surface area contributed by atoms with Crippen LogP contribution in [0.5, 0.6) is 0 Å². The third-order valence-electron chi connectivity index (χ3n) is 3.33. The summed E-state index contributed by atoms with van der Waals surface area (Å²) in [5.74, 6) is 1.76. The van der Waals surface area contributed by atoms with Crippen molar-refractivity contribution in [1.29, 1.82) is 0 Å². The summed E-state index contributed by atoms with van der Waals surface area (Å²) < 4.78 is 5.33. The smallest absolute Gasteiger partial charge is 0.194 e. The van der Waals surface area contributed by atoms with Gasteiger partial charge < -0.3 is 14.6 Å². The quantitative estimate of drug-likeness (QED) is 0.677. The molecule has 1 aromatic heterocycles. The van der Waals surface area contributed by atoms with Crippen LogP contribution in [-0.2, 0) is 13.1 Å². The molecule has 0 saturated carbocycles. The van der Waals surface area contributed by atoms with Crippen molar-refractivity contribution in [1.82, 2.24) is 10.2 Å². The van der Waals surface area contributed by atoms with Crippen molar-refractivity contribution in [3.63, 3.8) is 0 Å². The van der Waals surface area contributed by atoms with E-state index < -0.39 is 0 Å². The first kappa shape index (κ1) is 15.2. The Labute approximate surface area is 126 Å². The molecule has 0 radical (unpaired) electrons. The maximum absolute atomic E-state index is 5.33. The minimum atomic E-state index is 0.549. The number of guanidine groups is 1. The van der Waals surface area contributed by atoms with Crippen LogP contribution in [0, 0.1) is 6.92 Å². The molecule has 21 heavy (non-hydrogen) atoms. The second kappa shape index (κ2) is 7.53. The molecule has 0 aliphatic heterocycles. The molecular formula is C17H23N3O. The number of nitrogens with one attached hydrogen (secondary N) is 1. The van der Waals surface area contributed by atoms with Gasteiger partial charge in [-0.25, -0.2) is 4.99 Å². The van der Waals surface area contributed by atoms with Crippen LogP contribution in [0.2, 0.25) is 0 Å². The molecule has 0 atom stereocenters. The van der Waals surface area contributed by atoms with Crippen LogP contribution >= 0.6 is 0 Å². The summed E-state index contributed by atoms with van der Waals surface area (Å²) in [5, 5.41) is 3.32. The van der Waals surface area contributed by atoms with E-state index >= 15 is 0 Å². The van der Waals surface area contributed by atoms with Crippen molar-refractivity contribution in [3.05, 3.63) is 59.5 Å². The number of hydrogen-bond acceptors (Lipinski definition) is 2.